The van der Waals surface area contributed by atoms with Gasteiger partial charge in [0.05, 0.1) is 12.1 Å². The van der Waals surface area contributed by atoms with Crippen LogP contribution >= 0.6 is 11.6 Å². The van der Waals surface area contributed by atoms with E-state index in [4.69, 9.17) is 11.6 Å². The molecule has 1 N–H and O–H groups in total. The largest absolute Gasteiger partial charge is 0.266 e. The highest BCUT2D eigenvalue weighted by molar-refractivity contribution is 7.89. The Hall–Kier alpha value is -0.590. The summed E-state index contributed by atoms with van der Waals surface area (Å²) in [5.74, 6) is 0.582. The molecule has 2 unspecified atom stereocenters. The average molecular weight is 306 g/mol. The fourth-order valence-corrected chi connectivity index (χ4v) is 4.68. The van der Waals surface area contributed by atoms with Crippen molar-refractivity contribution in [3.63, 3.8) is 0 Å². The second kappa shape index (κ2) is 5.81. The summed E-state index contributed by atoms with van der Waals surface area (Å²) in [5.41, 5.74) is 0.535. The molecule has 108 valence electrons. The summed E-state index contributed by atoms with van der Waals surface area (Å²) in [6, 6.07) is 0.0271. The number of halogens is 1. The van der Waals surface area contributed by atoms with Gasteiger partial charge in [-0.3, -0.25) is 5.10 Å². The molecular formula is C12H20ClN3O2S. The minimum atomic E-state index is -3.52. The Morgan fingerprint density at radius 2 is 2.26 bits per heavy atom. The fourth-order valence-electron chi connectivity index (χ4n) is 2.55. The summed E-state index contributed by atoms with van der Waals surface area (Å²) < 4.78 is 27.0. The monoisotopic (exact) mass is 305 g/mol. The van der Waals surface area contributed by atoms with Crippen molar-refractivity contribution in [2.24, 2.45) is 5.92 Å². The zero-order chi connectivity index (χ0) is 14.0. The lowest BCUT2D eigenvalue weighted by atomic mass is 9.93. The molecule has 1 fully saturated rings. The third-order valence-corrected chi connectivity index (χ3v) is 6.17. The molecule has 1 aromatic rings. The maximum atomic E-state index is 12.7. The summed E-state index contributed by atoms with van der Waals surface area (Å²) in [7, 11) is -3.52. The zero-order valence-corrected chi connectivity index (χ0v) is 12.8. The number of sulfonamides is 1. The van der Waals surface area contributed by atoms with Crippen molar-refractivity contribution in [3.05, 3.63) is 11.8 Å². The van der Waals surface area contributed by atoms with E-state index in [0.29, 0.717) is 18.0 Å². The molecule has 1 aliphatic heterocycles. The fraction of sp³-hybridized carbons (Fsp3) is 0.750. The number of alkyl halides is 1. The number of hydrogen-bond donors (Lipinski definition) is 1. The molecule has 2 rings (SSSR count). The second-order valence-electron chi connectivity index (χ2n) is 5.13. The topological polar surface area (TPSA) is 66.1 Å². The zero-order valence-electron chi connectivity index (χ0n) is 11.3. The van der Waals surface area contributed by atoms with E-state index < -0.39 is 10.0 Å². The highest BCUT2D eigenvalue weighted by atomic mass is 35.5. The standard InChI is InChI=1S/C12H20ClN3O2S/c1-3-10-5-4-9(2)16(8-10)19(17,18)12-11(6-13)7-14-15-12/h7,9-10H,3-6,8H2,1-2H3,(H,14,15). The van der Waals surface area contributed by atoms with Crippen LogP contribution in [0.1, 0.15) is 38.7 Å². The first-order valence-electron chi connectivity index (χ1n) is 6.60. The predicted octanol–water partition coefficient (Wildman–Crippen LogP) is 2.35. The van der Waals surface area contributed by atoms with Gasteiger partial charge in [-0.1, -0.05) is 13.3 Å². The maximum absolute atomic E-state index is 12.7. The van der Waals surface area contributed by atoms with Gasteiger partial charge < -0.3 is 0 Å². The summed E-state index contributed by atoms with van der Waals surface area (Å²) in [6.45, 7) is 4.65. The van der Waals surface area contributed by atoms with Crippen LogP contribution in [0.2, 0.25) is 0 Å². The van der Waals surface area contributed by atoms with E-state index in [-0.39, 0.29) is 16.9 Å². The van der Waals surface area contributed by atoms with E-state index in [2.05, 4.69) is 17.1 Å². The van der Waals surface area contributed by atoms with Gasteiger partial charge in [0.15, 0.2) is 5.03 Å². The van der Waals surface area contributed by atoms with E-state index in [1.807, 2.05) is 6.92 Å². The van der Waals surface area contributed by atoms with Gasteiger partial charge in [0.2, 0.25) is 0 Å². The molecule has 1 aromatic heterocycles. The minimum Gasteiger partial charge on any atom is -0.266 e. The Morgan fingerprint density at radius 3 is 2.89 bits per heavy atom. The summed E-state index contributed by atoms with van der Waals surface area (Å²) in [4.78, 5) is 0. The quantitative estimate of drug-likeness (QED) is 0.868. The number of nitrogens with zero attached hydrogens (tertiary/aromatic N) is 2. The highest BCUT2D eigenvalue weighted by Gasteiger charge is 2.36. The molecule has 1 aliphatic rings. The van der Waals surface area contributed by atoms with Crippen molar-refractivity contribution in [1.29, 1.82) is 0 Å². The molecule has 0 radical (unpaired) electrons. The van der Waals surface area contributed by atoms with Gasteiger partial charge in [0.25, 0.3) is 10.0 Å². The molecule has 0 aromatic carbocycles. The Balaban J connectivity index is 2.32. The second-order valence-corrected chi connectivity index (χ2v) is 7.23. The van der Waals surface area contributed by atoms with Crippen molar-refractivity contribution < 1.29 is 8.42 Å². The first-order chi connectivity index (χ1) is 9.00. The molecule has 0 saturated carbocycles. The van der Waals surface area contributed by atoms with Gasteiger partial charge in [-0.15, -0.1) is 11.6 Å². The molecule has 0 aliphatic carbocycles. The molecule has 2 atom stereocenters. The van der Waals surface area contributed by atoms with Crippen molar-refractivity contribution >= 4 is 21.6 Å². The van der Waals surface area contributed by atoms with E-state index in [1.165, 1.54) is 6.20 Å². The van der Waals surface area contributed by atoms with Crippen molar-refractivity contribution in [3.8, 4) is 0 Å². The average Bonchev–Trinajstić information content (AvgIpc) is 2.88. The van der Waals surface area contributed by atoms with Crippen molar-refractivity contribution in [2.75, 3.05) is 6.54 Å². The van der Waals surface area contributed by atoms with Crippen LogP contribution in [-0.4, -0.2) is 35.5 Å². The summed E-state index contributed by atoms with van der Waals surface area (Å²) in [6.07, 6.45) is 4.48. The minimum absolute atomic E-state index is 0.0271. The van der Waals surface area contributed by atoms with Crippen LogP contribution < -0.4 is 0 Å². The van der Waals surface area contributed by atoms with Gasteiger partial charge >= 0.3 is 0 Å². The van der Waals surface area contributed by atoms with E-state index in [1.54, 1.807) is 4.31 Å². The number of H-pyrrole nitrogens is 1. The van der Waals surface area contributed by atoms with Gasteiger partial charge in [-0.25, -0.2) is 8.42 Å². The van der Waals surface area contributed by atoms with E-state index >= 15 is 0 Å². The maximum Gasteiger partial charge on any atom is 0.260 e. The normalized spacial score (nSPS) is 25.6. The Labute approximate surface area is 119 Å². The number of aromatic amines is 1. The highest BCUT2D eigenvalue weighted by Crippen LogP contribution is 2.30. The lowest BCUT2D eigenvalue weighted by Crippen LogP contribution is -2.45. The van der Waals surface area contributed by atoms with Crippen LogP contribution in [0.4, 0.5) is 0 Å². The summed E-state index contributed by atoms with van der Waals surface area (Å²) in [5, 5.41) is 6.53. The molecule has 1 saturated heterocycles. The number of rotatable bonds is 4. The SMILES string of the molecule is CCC1CCC(C)N(S(=O)(=O)c2[nH]ncc2CCl)C1. The smallest absolute Gasteiger partial charge is 0.260 e. The Kier molecular flexibility index (Phi) is 4.53. The van der Waals surface area contributed by atoms with Gasteiger partial charge in [-0.2, -0.15) is 9.40 Å². The molecular weight excluding hydrogens is 286 g/mol. The molecule has 7 heteroatoms. The van der Waals surface area contributed by atoms with Crippen LogP contribution in [0.15, 0.2) is 11.2 Å². The Bertz CT molecular complexity index is 529. The molecule has 2 heterocycles. The number of aromatic nitrogens is 2. The molecule has 0 spiro atoms. The van der Waals surface area contributed by atoms with Crippen LogP contribution in [0.3, 0.4) is 0 Å². The lowest BCUT2D eigenvalue weighted by Gasteiger charge is -2.36. The van der Waals surface area contributed by atoms with Crippen molar-refractivity contribution in [2.45, 2.75) is 50.1 Å². The Morgan fingerprint density at radius 1 is 1.53 bits per heavy atom. The van der Waals surface area contributed by atoms with Gasteiger partial charge in [0.1, 0.15) is 0 Å². The number of piperidine rings is 1. The third kappa shape index (κ3) is 2.80. The number of hydrogen-bond acceptors (Lipinski definition) is 3. The lowest BCUT2D eigenvalue weighted by molar-refractivity contribution is 0.203. The summed E-state index contributed by atoms with van der Waals surface area (Å²) >= 11 is 5.77. The van der Waals surface area contributed by atoms with Gasteiger partial charge in [-0.05, 0) is 25.7 Å². The predicted molar refractivity (Wildman–Crippen MR) is 74.5 cm³/mol. The molecule has 0 bridgehead atoms. The molecule has 0 amide bonds. The van der Waals surface area contributed by atoms with Crippen molar-refractivity contribution in [1.82, 2.24) is 14.5 Å². The van der Waals surface area contributed by atoms with Crippen LogP contribution in [-0.2, 0) is 15.9 Å². The van der Waals surface area contributed by atoms with Crippen LogP contribution in [0.25, 0.3) is 0 Å². The van der Waals surface area contributed by atoms with E-state index in [0.717, 1.165) is 19.3 Å². The molecule has 5 nitrogen and oxygen atoms in total. The van der Waals surface area contributed by atoms with Gasteiger partial charge in [0, 0.05) is 18.2 Å². The van der Waals surface area contributed by atoms with Crippen LogP contribution in [0, 0.1) is 5.92 Å². The third-order valence-electron chi connectivity index (χ3n) is 3.89. The first-order valence-corrected chi connectivity index (χ1v) is 8.58. The number of nitrogens with one attached hydrogen (secondary N) is 1. The molecule has 19 heavy (non-hydrogen) atoms. The van der Waals surface area contributed by atoms with Crippen LogP contribution in [0.5, 0.6) is 0 Å². The first kappa shape index (κ1) is 14.8. The van der Waals surface area contributed by atoms with E-state index in [9.17, 15) is 8.42 Å².